The summed E-state index contributed by atoms with van der Waals surface area (Å²) in [6.45, 7) is 4.76. The van der Waals surface area contributed by atoms with Crippen LogP contribution < -0.4 is 5.32 Å². The smallest absolute Gasteiger partial charge is 0.327 e. The van der Waals surface area contributed by atoms with Gasteiger partial charge in [-0.15, -0.1) is 0 Å². The molecule has 0 saturated carbocycles. The van der Waals surface area contributed by atoms with Crippen LogP contribution in [0.2, 0.25) is 0 Å². The Labute approximate surface area is 111 Å². The van der Waals surface area contributed by atoms with Crippen molar-refractivity contribution in [2.75, 3.05) is 0 Å². The number of carbonyl (C=O) groups excluding carboxylic acids is 1. The molecule has 2 N–H and O–H groups in total. The van der Waals surface area contributed by atoms with Crippen molar-refractivity contribution < 1.29 is 14.7 Å². The highest BCUT2D eigenvalue weighted by Gasteiger charge is 2.37. The molecule has 0 saturated heterocycles. The van der Waals surface area contributed by atoms with Crippen LogP contribution in [0.15, 0.2) is 24.3 Å². The van der Waals surface area contributed by atoms with Gasteiger partial charge in [-0.1, -0.05) is 26.0 Å². The Kier molecular flexibility index (Phi) is 4.28. The Morgan fingerprint density at radius 1 is 1.32 bits per heavy atom. The predicted octanol–water partition coefficient (Wildman–Crippen LogP) is 1.43. The second-order valence-corrected chi connectivity index (χ2v) is 4.88. The first kappa shape index (κ1) is 14.7. The summed E-state index contributed by atoms with van der Waals surface area (Å²) in [5.41, 5.74) is 0.462. The molecular formula is C14H16N2O3. The SMILES string of the molecule is CC(=O)NC(C(=O)O)C(C)(C)c1ccc(C#N)cc1. The number of carboxylic acid groups (broad SMARTS) is 1. The minimum Gasteiger partial charge on any atom is -0.480 e. The molecular weight excluding hydrogens is 244 g/mol. The molecule has 1 unspecified atom stereocenters. The predicted molar refractivity (Wildman–Crippen MR) is 69.4 cm³/mol. The molecule has 0 heterocycles. The summed E-state index contributed by atoms with van der Waals surface area (Å²) in [7, 11) is 0. The van der Waals surface area contributed by atoms with E-state index >= 15 is 0 Å². The average Bonchev–Trinajstić information content (AvgIpc) is 2.35. The van der Waals surface area contributed by atoms with E-state index in [1.807, 2.05) is 6.07 Å². The van der Waals surface area contributed by atoms with Gasteiger partial charge in [-0.05, 0) is 17.7 Å². The molecule has 0 fully saturated rings. The summed E-state index contributed by atoms with van der Waals surface area (Å²) >= 11 is 0. The Morgan fingerprint density at radius 2 is 1.84 bits per heavy atom. The van der Waals surface area contributed by atoms with Crippen molar-refractivity contribution >= 4 is 11.9 Å². The van der Waals surface area contributed by atoms with E-state index < -0.39 is 23.3 Å². The highest BCUT2D eigenvalue weighted by Crippen LogP contribution is 2.27. The fraction of sp³-hybridized carbons (Fsp3) is 0.357. The lowest BCUT2D eigenvalue weighted by Crippen LogP contribution is -2.51. The van der Waals surface area contributed by atoms with E-state index in [1.165, 1.54) is 6.92 Å². The lowest BCUT2D eigenvalue weighted by atomic mass is 9.77. The Hall–Kier alpha value is -2.35. The van der Waals surface area contributed by atoms with Gasteiger partial charge in [-0.3, -0.25) is 4.79 Å². The van der Waals surface area contributed by atoms with Crippen LogP contribution in [0.4, 0.5) is 0 Å². The van der Waals surface area contributed by atoms with Crippen LogP contribution in [0.3, 0.4) is 0 Å². The molecule has 0 aromatic heterocycles. The summed E-state index contributed by atoms with van der Waals surface area (Å²) in [5, 5.41) is 20.4. The molecule has 5 nitrogen and oxygen atoms in total. The van der Waals surface area contributed by atoms with Gasteiger partial charge in [-0.25, -0.2) is 4.79 Å². The first-order valence-electron chi connectivity index (χ1n) is 5.79. The zero-order valence-electron chi connectivity index (χ0n) is 11.1. The van der Waals surface area contributed by atoms with Crippen molar-refractivity contribution in [1.29, 1.82) is 5.26 Å². The zero-order valence-corrected chi connectivity index (χ0v) is 11.1. The third-order valence-corrected chi connectivity index (χ3v) is 3.07. The lowest BCUT2D eigenvalue weighted by molar-refractivity contribution is -0.143. The molecule has 100 valence electrons. The van der Waals surface area contributed by atoms with Crippen molar-refractivity contribution in [1.82, 2.24) is 5.32 Å². The van der Waals surface area contributed by atoms with Gasteiger partial charge in [0.2, 0.25) is 5.91 Å². The van der Waals surface area contributed by atoms with E-state index in [-0.39, 0.29) is 0 Å². The average molecular weight is 260 g/mol. The summed E-state index contributed by atoms with van der Waals surface area (Å²) in [4.78, 5) is 22.4. The molecule has 5 heteroatoms. The molecule has 1 rings (SSSR count). The van der Waals surface area contributed by atoms with Gasteiger partial charge in [0.15, 0.2) is 0 Å². The van der Waals surface area contributed by atoms with Crippen molar-refractivity contribution in [3.05, 3.63) is 35.4 Å². The number of hydrogen-bond donors (Lipinski definition) is 2. The maximum atomic E-state index is 11.3. The highest BCUT2D eigenvalue weighted by atomic mass is 16.4. The minimum atomic E-state index is -1.09. The van der Waals surface area contributed by atoms with Gasteiger partial charge in [-0.2, -0.15) is 5.26 Å². The summed E-state index contributed by atoms with van der Waals surface area (Å²) < 4.78 is 0. The van der Waals surface area contributed by atoms with Crippen molar-refractivity contribution in [3.8, 4) is 6.07 Å². The maximum absolute atomic E-state index is 11.3. The van der Waals surface area contributed by atoms with Crippen LogP contribution >= 0.6 is 0 Å². The molecule has 0 radical (unpaired) electrons. The maximum Gasteiger partial charge on any atom is 0.327 e. The highest BCUT2D eigenvalue weighted by molar-refractivity contribution is 5.83. The number of nitriles is 1. The van der Waals surface area contributed by atoms with Gasteiger partial charge in [0.25, 0.3) is 0 Å². The van der Waals surface area contributed by atoms with Crippen LogP contribution in [0.5, 0.6) is 0 Å². The van der Waals surface area contributed by atoms with Crippen molar-refractivity contribution in [2.24, 2.45) is 0 Å². The standard InChI is InChI=1S/C14H16N2O3/c1-9(17)16-12(13(18)19)14(2,3)11-6-4-10(8-15)5-7-11/h4-7,12H,1-3H3,(H,16,17)(H,18,19). The number of rotatable bonds is 4. The molecule has 0 bridgehead atoms. The largest absolute Gasteiger partial charge is 0.480 e. The number of nitrogens with zero attached hydrogens (tertiary/aromatic N) is 1. The second kappa shape index (κ2) is 5.53. The molecule has 1 atom stereocenters. The van der Waals surface area contributed by atoms with Crippen LogP contribution in [0.1, 0.15) is 31.9 Å². The molecule has 1 aromatic rings. The van der Waals surface area contributed by atoms with Gasteiger partial charge in [0, 0.05) is 12.3 Å². The molecule has 0 spiro atoms. The number of benzene rings is 1. The summed E-state index contributed by atoms with van der Waals surface area (Å²) in [6.07, 6.45) is 0. The van der Waals surface area contributed by atoms with E-state index in [0.717, 1.165) is 5.56 Å². The quantitative estimate of drug-likeness (QED) is 0.856. The van der Waals surface area contributed by atoms with E-state index in [4.69, 9.17) is 5.26 Å². The number of nitrogens with one attached hydrogen (secondary N) is 1. The monoisotopic (exact) mass is 260 g/mol. The van der Waals surface area contributed by atoms with Crippen LogP contribution in [-0.4, -0.2) is 23.0 Å². The van der Waals surface area contributed by atoms with Gasteiger partial charge >= 0.3 is 5.97 Å². The third kappa shape index (κ3) is 3.32. The van der Waals surface area contributed by atoms with E-state index in [9.17, 15) is 14.7 Å². The Morgan fingerprint density at radius 3 is 2.21 bits per heavy atom. The zero-order chi connectivity index (χ0) is 14.6. The Balaban J connectivity index is 3.14. The first-order valence-corrected chi connectivity index (χ1v) is 5.79. The second-order valence-electron chi connectivity index (χ2n) is 4.88. The molecule has 1 amide bonds. The van der Waals surface area contributed by atoms with Gasteiger partial charge < -0.3 is 10.4 Å². The number of aliphatic carboxylic acids is 1. The molecule has 0 aliphatic heterocycles. The lowest BCUT2D eigenvalue weighted by Gasteiger charge is -2.32. The topological polar surface area (TPSA) is 90.2 Å². The molecule has 0 aliphatic rings. The van der Waals surface area contributed by atoms with Crippen LogP contribution in [0.25, 0.3) is 0 Å². The third-order valence-electron chi connectivity index (χ3n) is 3.07. The van der Waals surface area contributed by atoms with Crippen molar-refractivity contribution in [3.63, 3.8) is 0 Å². The van der Waals surface area contributed by atoms with E-state index in [0.29, 0.717) is 5.56 Å². The van der Waals surface area contributed by atoms with Crippen LogP contribution in [0, 0.1) is 11.3 Å². The Bertz CT molecular complexity index is 527. The number of carboxylic acids is 1. The normalized spacial score (nSPS) is 12.3. The first-order chi connectivity index (χ1) is 8.78. The molecule has 1 aromatic carbocycles. The molecule has 19 heavy (non-hydrogen) atoms. The van der Waals surface area contributed by atoms with Gasteiger partial charge in [0.1, 0.15) is 6.04 Å². The minimum absolute atomic E-state index is 0.394. The van der Waals surface area contributed by atoms with E-state index in [1.54, 1.807) is 38.1 Å². The van der Waals surface area contributed by atoms with Gasteiger partial charge in [0.05, 0.1) is 11.6 Å². The number of carbonyl (C=O) groups is 2. The fourth-order valence-electron chi connectivity index (χ4n) is 1.90. The molecule has 0 aliphatic carbocycles. The van der Waals surface area contributed by atoms with Crippen molar-refractivity contribution in [2.45, 2.75) is 32.2 Å². The number of amides is 1. The fourth-order valence-corrected chi connectivity index (χ4v) is 1.90. The number of hydrogen-bond acceptors (Lipinski definition) is 3. The summed E-state index contributed by atoms with van der Waals surface area (Å²) in [6, 6.07) is 7.64. The van der Waals surface area contributed by atoms with E-state index in [2.05, 4.69) is 5.32 Å². The summed E-state index contributed by atoms with van der Waals surface area (Å²) in [5.74, 6) is -1.49. The van der Waals surface area contributed by atoms with Crippen LogP contribution in [-0.2, 0) is 15.0 Å².